The van der Waals surface area contributed by atoms with E-state index in [4.69, 9.17) is 5.73 Å². The molecular weight excluding hydrogens is 296 g/mol. The van der Waals surface area contributed by atoms with E-state index < -0.39 is 0 Å². The highest BCUT2D eigenvalue weighted by atomic mass is 16.2. The van der Waals surface area contributed by atoms with Crippen LogP contribution in [-0.2, 0) is 4.79 Å². The van der Waals surface area contributed by atoms with Crippen LogP contribution in [0, 0.1) is 0 Å². The highest BCUT2D eigenvalue weighted by Crippen LogP contribution is 2.26. The number of piperidine rings is 1. The lowest BCUT2D eigenvalue weighted by molar-refractivity contribution is -0.123. The number of nitrogens with zero attached hydrogens (tertiary/aromatic N) is 2. The predicted molar refractivity (Wildman–Crippen MR) is 84.9 cm³/mol. The highest BCUT2D eigenvalue weighted by molar-refractivity contribution is 5.93. The van der Waals surface area contributed by atoms with E-state index in [1.54, 1.807) is 17.0 Å². The number of aromatic amines is 1. The van der Waals surface area contributed by atoms with E-state index in [1.807, 2.05) is 0 Å². The van der Waals surface area contributed by atoms with Gasteiger partial charge in [-0.1, -0.05) is 0 Å². The molecule has 0 aliphatic carbocycles. The number of pyridine rings is 1. The minimum absolute atomic E-state index is 0.167. The topological polar surface area (TPSA) is 99.5 Å². The van der Waals surface area contributed by atoms with Crippen LogP contribution in [0.15, 0.2) is 23.1 Å². The van der Waals surface area contributed by atoms with Crippen molar-refractivity contribution in [3.8, 4) is 0 Å². The number of hydrogen-bond donors (Lipinski definition) is 2. The smallest absolute Gasteiger partial charge is 0.260 e. The number of primary amides is 1. The molecule has 1 atom stereocenters. The van der Waals surface area contributed by atoms with Crippen LogP contribution >= 0.6 is 0 Å². The molecule has 2 saturated heterocycles. The SMILES string of the molecule is NC(=O)[C@@H]1CCCN1C1CCN(C(=O)c2ccc[nH]c2=O)CC1. The molecule has 2 fully saturated rings. The highest BCUT2D eigenvalue weighted by Gasteiger charge is 2.36. The van der Waals surface area contributed by atoms with E-state index in [1.165, 1.54) is 6.20 Å². The number of likely N-dealkylation sites (tertiary alicyclic amines) is 2. The maximum atomic E-state index is 12.4. The summed E-state index contributed by atoms with van der Waals surface area (Å²) in [7, 11) is 0. The van der Waals surface area contributed by atoms with E-state index in [0.717, 1.165) is 32.2 Å². The molecule has 0 radical (unpaired) electrons. The molecule has 0 unspecified atom stereocenters. The summed E-state index contributed by atoms with van der Waals surface area (Å²) in [4.78, 5) is 42.1. The number of carbonyl (C=O) groups excluding carboxylic acids is 2. The van der Waals surface area contributed by atoms with E-state index in [0.29, 0.717) is 13.1 Å². The van der Waals surface area contributed by atoms with Crippen LogP contribution in [0.5, 0.6) is 0 Å². The standard InChI is InChI=1S/C16H22N4O3/c17-14(21)13-4-2-8-20(13)11-5-9-19(10-6-11)16(23)12-3-1-7-18-15(12)22/h1,3,7,11,13H,2,4-6,8-10H2,(H2,17,21)(H,18,22)/t13-/m0/s1. The second kappa shape index (κ2) is 6.54. The summed E-state index contributed by atoms with van der Waals surface area (Å²) in [5.41, 5.74) is 5.31. The number of rotatable bonds is 3. The van der Waals surface area contributed by atoms with Crippen molar-refractivity contribution in [2.24, 2.45) is 5.73 Å². The minimum atomic E-state index is -0.354. The molecule has 1 aromatic heterocycles. The molecule has 3 heterocycles. The zero-order chi connectivity index (χ0) is 16.4. The maximum Gasteiger partial charge on any atom is 0.260 e. The van der Waals surface area contributed by atoms with Gasteiger partial charge in [0.2, 0.25) is 5.91 Å². The molecule has 2 aliphatic rings. The molecule has 3 rings (SSSR count). The number of H-pyrrole nitrogens is 1. The Kier molecular flexibility index (Phi) is 4.47. The van der Waals surface area contributed by atoms with Crippen molar-refractivity contribution >= 4 is 11.8 Å². The van der Waals surface area contributed by atoms with Crippen LogP contribution in [0.25, 0.3) is 0 Å². The van der Waals surface area contributed by atoms with Gasteiger partial charge in [0.1, 0.15) is 5.56 Å². The Morgan fingerprint density at radius 1 is 1.17 bits per heavy atom. The number of carbonyl (C=O) groups is 2. The Morgan fingerprint density at radius 2 is 1.91 bits per heavy atom. The number of aromatic nitrogens is 1. The second-order valence-electron chi connectivity index (χ2n) is 6.23. The lowest BCUT2D eigenvalue weighted by Gasteiger charge is -2.38. The number of nitrogens with two attached hydrogens (primary N) is 1. The van der Waals surface area contributed by atoms with E-state index in [-0.39, 0.29) is 35.0 Å². The van der Waals surface area contributed by atoms with E-state index in [2.05, 4.69) is 9.88 Å². The summed E-state index contributed by atoms with van der Waals surface area (Å²) < 4.78 is 0. The van der Waals surface area contributed by atoms with Gasteiger partial charge >= 0.3 is 0 Å². The molecule has 124 valence electrons. The average molecular weight is 318 g/mol. The van der Waals surface area contributed by atoms with Gasteiger partial charge in [-0.3, -0.25) is 19.3 Å². The monoisotopic (exact) mass is 318 g/mol. The summed E-state index contributed by atoms with van der Waals surface area (Å²) >= 11 is 0. The fraction of sp³-hybridized carbons (Fsp3) is 0.562. The molecule has 2 amide bonds. The van der Waals surface area contributed by atoms with Gasteiger partial charge < -0.3 is 15.6 Å². The van der Waals surface area contributed by atoms with Crippen LogP contribution in [0.2, 0.25) is 0 Å². The van der Waals surface area contributed by atoms with Gasteiger partial charge in [-0.05, 0) is 44.4 Å². The van der Waals surface area contributed by atoms with Gasteiger partial charge in [-0.2, -0.15) is 0 Å². The third kappa shape index (κ3) is 3.14. The fourth-order valence-corrected chi connectivity index (χ4v) is 3.69. The summed E-state index contributed by atoms with van der Waals surface area (Å²) in [6.07, 6.45) is 4.95. The molecule has 1 aromatic rings. The van der Waals surface area contributed by atoms with E-state index >= 15 is 0 Å². The first kappa shape index (κ1) is 15.7. The maximum absolute atomic E-state index is 12.4. The molecule has 0 aromatic carbocycles. The van der Waals surface area contributed by atoms with Crippen molar-refractivity contribution in [1.82, 2.24) is 14.8 Å². The first-order valence-corrected chi connectivity index (χ1v) is 8.10. The van der Waals surface area contributed by atoms with E-state index in [9.17, 15) is 14.4 Å². The second-order valence-corrected chi connectivity index (χ2v) is 6.23. The lowest BCUT2D eigenvalue weighted by atomic mass is 10.0. The van der Waals surface area contributed by atoms with Gasteiger partial charge in [0.05, 0.1) is 6.04 Å². The molecule has 3 N–H and O–H groups in total. The summed E-state index contributed by atoms with van der Waals surface area (Å²) in [6.45, 7) is 2.09. The molecule has 7 heteroatoms. The zero-order valence-electron chi connectivity index (χ0n) is 13.0. The van der Waals surface area contributed by atoms with Crippen molar-refractivity contribution in [2.45, 2.75) is 37.8 Å². The van der Waals surface area contributed by atoms with Gasteiger partial charge in [-0.15, -0.1) is 0 Å². The van der Waals surface area contributed by atoms with Crippen molar-refractivity contribution in [3.05, 3.63) is 34.2 Å². The van der Waals surface area contributed by atoms with Crippen molar-refractivity contribution in [3.63, 3.8) is 0 Å². The first-order chi connectivity index (χ1) is 11.1. The molecule has 23 heavy (non-hydrogen) atoms. The lowest BCUT2D eigenvalue weighted by Crippen LogP contribution is -2.51. The zero-order valence-corrected chi connectivity index (χ0v) is 13.0. The van der Waals surface area contributed by atoms with Crippen molar-refractivity contribution in [2.75, 3.05) is 19.6 Å². The Bertz CT molecular complexity index is 649. The Hall–Kier alpha value is -2.15. The summed E-state index contributed by atoms with van der Waals surface area (Å²) in [5, 5.41) is 0. The van der Waals surface area contributed by atoms with Gasteiger partial charge in [0, 0.05) is 25.3 Å². The van der Waals surface area contributed by atoms with Crippen LogP contribution in [0.3, 0.4) is 0 Å². The minimum Gasteiger partial charge on any atom is -0.368 e. The molecule has 2 aliphatic heterocycles. The third-order valence-electron chi connectivity index (χ3n) is 4.89. The van der Waals surface area contributed by atoms with Crippen LogP contribution in [-0.4, -0.2) is 58.3 Å². The van der Waals surface area contributed by atoms with Gasteiger partial charge in [-0.25, -0.2) is 0 Å². The van der Waals surface area contributed by atoms with Gasteiger partial charge in [0.25, 0.3) is 11.5 Å². The van der Waals surface area contributed by atoms with Crippen LogP contribution in [0.4, 0.5) is 0 Å². The first-order valence-electron chi connectivity index (χ1n) is 8.10. The normalized spacial score (nSPS) is 23.1. The predicted octanol–water partition coefficient (Wildman–Crippen LogP) is -0.0708. The van der Waals surface area contributed by atoms with Gasteiger partial charge in [0.15, 0.2) is 0 Å². The van der Waals surface area contributed by atoms with Crippen LogP contribution in [0.1, 0.15) is 36.0 Å². The fourth-order valence-electron chi connectivity index (χ4n) is 3.69. The Morgan fingerprint density at radius 3 is 2.57 bits per heavy atom. The largest absolute Gasteiger partial charge is 0.368 e. The number of nitrogens with one attached hydrogen (secondary N) is 1. The average Bonchev–Trinajstić information content (AvgIpc) is 3.05. The summed E-state index contributed by atoms with van der Waals surface area (Å²) in [5.74, 6) is -0.477. The molecular formula is C16H22N4O3. The molecule has 0 spiro atoms. The third-order valence-corrected chi connectivity index (χ3v) is 4.89. The quantitative estimate of drug-likeness (QED) is 0.815. The molecule has 0 bridgehead atoms. The summed E-state index contributed by atoms with van der Waals surface area (Å²) in [6, 6.07) is 3.33. The van der Waals surface area contributed by atoms with Crippen LogP contribution < -0.4 is 11.3 Å². The number of amides is 2. The van der Waals surface area contributed by atoms with Crippen molar-refractivity contribution < 1.29 is 9.59 Å². The molecule has 7 nitrogen and oxygen atoms in total. The Labute approximate surface area is 134 Å². The number of hydrogen-bond acceptors (Lipinski definition) is 4. The van der Waals surface area contributed by atoms with Crippen molar-refractivity contribution in [1.29, 1.82) is 0 Å². The Balaban J connectivity index is 1.62. The molecule has 0 saturated carbocycles.